The Morgan fingerprint density at radius 1 is 0.517 bits per heavy atom. The number of aliphatic hydroxyl groups excluding tert-OH is 2. The van der Waals surface area contributed by atoms with Gasteiger partial charge in [0.1, 0.15) is 11.6 Å². The molecule has 0 atom stereocenters. The van der Waals surface area contributed by atoms with Crippen molar-refractivity contribution in [1.82, 2.24) is 29.9 Å². The Kier molecular flexibility index (Phi) is 23.8. The summed E-state index contributed by atoms with van der Waals surface area (Å²) in [4.78, 5) is 51.0. The molecule has 0 bridgehead atoms. The second-order valence-corrected chi connectivity index (χ2v) is 20.1. The highest BCUT2D eigenvalue weighted by molar-refractivity contribution is 6.03. The van der Waals surface area contributed by atoms with Crippen molar-refractivity contribution in [2.24, 2.45) is 0 Å². The average molecular weight is 1180 g/mol. The molecule has 0 aliphatic heterocycles. The number of aromatic nitrogens is 6. The molecular weight excluding hydrogens is 1110 g/mol. The van der Waals surface area contributed by atoms with Gasteiger partial charge in [-0.15, -0.1) is 0 Å². The molecule has 2 amide bonds. The lowest BCUT2D eigenvalue weighted by Crippen LogP contribution is -2.17. The number of rotatable bonds is 16. The molecule has 0 spiro atoms. The standard InChI is InChI=1S/C23H24FN3O.C22H20F3N3O.C22H23N3O3.C2H6/c1-5-6-17-11-15(3)21(16(4)12-17)27-23(28)22-25-10-9-20(26-22)19-13-18(24)8-7-14(19)2;1-13-10-16(12-29)11-14(2)20(13)27-15(3)21-26-9-8-19(28-21)17-6-4-5-7-18(17)22(23,24)25;1-4-28-19-8-6-5-7-17(19)18-9-10-23-21(24-18)22(27)25-20-14(2)11-16(13-26)12-15(20)3;1-2/h7-13H,5-6H2,1-4H3,(H,27,28);4-11,27,29H,3,12H2,1-2H3;5-12,26H,4,13H2,1-3H3,(H,25,27);1-2H3. The highest BCUT2D eigenvalue weighted by Gasteiger charge is 2.34. The minimum Gasteiger partial charge on any atom is -0.493 e. The van der Waals surface area contributed by atoms with Gasteiger partial charge in [0, 0.05) is 52.3 Å². The van der Waals surface area contributed by atoms with E-state index < -0.39 is 17.6 Å². The third kappa shape index (κ3) is 17.6. The van der Waals surface area contributed by atoms with E-state index in [1.807, 2.05) is 118 Å². The first-order valence-electron chi connectivity index (χ1n) is 28.4. The number of nitrogens with one attached hydrogen (secondary N) is 3. The largest absolute Gasteiger partial charge is 0.493 e. The lowest BCUT2D eigenvalue weighted by Gasteiger charge is -2.16. The maximum absolute atomic E-state index is 13.6. The lowest BCUT2D eigenvalue weighted by atomic mass is 10.0. The Labute approximate surface area is 506 Å². The molecule has 0 aliphatic carbocycles. The molecule has 6 aromatic carbocycles. The fraction of sp³-hybridized carbons (Fsp3) is 0.246. The van der Waals surface area contributed by atoms with Gasteiger partial charge in [-0.05, 0) is 166 Å². The van der Waals surface area contributed by atoms with Gasteiger partial charge in [-0.25, -0.2) is 34.3 Å². The van der Waals surface area contributed by atoms with E-state index in [0.29, 0.717) is 40.7 Å². The third-order valence-corrected chi connectivity index (χ3v) is 13.5. The fourth-order valence-corrected chi connectivity index (χ4v) is 9.59. The van der Waals surface area contributed by atoms with Crippen LogP contribution < -0.4 is 20.7 Å². The summed E-state index contributed by atoms with van der Waals surface area (Å²) in [6.07, 6.45) is 2.09. The van der Waals surface area contributed by atoms with Crippen LogP contribution in [0.25, 0.3) is 39.5 Å². The zero-order valence-electron chi connectivity index (χ0n) is 50.8. The summed E-state index contributed by atoms with van der Waals surface area (Å²) in [6, 6.07) is 33.8. The number of hydrogen-bond acceptors (Lipinski definition) is 12. The topological polar surface area (TPSA) is 197 Å². The lowest BCUT2D eigenvalue weighted by molar-refractivity contribution is -0.137. The maximum atomic E-state index is 13.6. The van der Waals surface area contributed by atoms with E-state index in [1.54, 1.807) is 24.4 Å². The van der Waals surface area contributed by atoms with Crippen molar-refractivity contribution in [3.8, 4) is 39.5 Å². The summed E-state index contributed by atoms with van der Waals surface area (Å²) in [5.41, 5.74) is 13.9. The number of anilines is 3. The minimum absolute atomic E-state index is 0.0175. The van der Waals surface area contributed by atoms with Crippen molar-refractivity contribution < 1.29 is 42.1 Å². The summed E-state index contributed by atoms with van der Waals surface area (Å²) in [5.74, 6) is -0.0787. The molecule has 0 saturated carbocycles. The molecule has 0 aliphatic rings. The first-order chi connectivity index (χ1) is 41.6. The van der Waals surface area contributed by atoms with Crippen LogP contribution in [0, 0.1) is 54.3 Å². The number of carbonyl (C=O) groups is 2. The van der Waals surface area contributed by atoms with Crippen LogP contribution in [-0.4, -0.2) is 58.5 Å². The van der Waals surface area contributed by atoms with Gasteiger partial charge < -0.3 is 30.9 Å². The van der Waals surface area contributed by atoms with Crippen molar-refractivity contribution in [2.45, 2.75) is 108 Å². The Bertz CT molecular complexity index is 3820. The molecule has 0 saturated heterocycles. The van der Waals surface area contributed by atoms with E-state index in [9.17, 15) is 37.4 Å². The molecule has 0 radical (unpaired) electrons. The fourth-order valence-electron chi connectivity index (χ4n) is 9.59. The Morgan fingerprint density at radius 3 is 1.40 bits per heavy atom. The zero-order valence-corrected chi connectivity index (χ0v) is 50.8. The van der Waals surface area contributed by atoms with Crippen LogP contribution in [0.4, 0.5) is 34.6 Å². The van der Waals surface area contributed by atoms with Gasteiger partial charge in [0.15, 0.2) is 5.82 Å². The predicted octanol–water partition coefficient (Wildman–Crippen LogP) is 15.7. The van der Waals surface area contributed by atoms with Gasteiger partial charge in [0.25, 0.3) is 11.8 Å². The molecule has 0 unspecified atom stereocenters. The van der Waals surface area contributed by atoms with Crippen LogP contribution in [0.15, 0.2) is 146 Å². The molecule has 452 valence electrons. The molecule has 3 heterocycles. The van der Waals surface area contributed by atoms with Gasteiger partial charge >= 0.3 is 6.18 Å². The minimum atomic E-state index is -4.49. The van der Waals surface area contributed by atoms with Crippen molar-refractivity contribution in [2.75, 3.05) is 22.6 Å². The van der Waals surface area contributed by atoms with Crippen LogP contribution >= 0.6 is 0 Å². The average Bonchev–Trinajstić information content (AvgIpc) is 1.91. The van der Waals surface area contributed by atoms with E-state index in [0.717, 1.165) is 85.9 Å². The van der Waals surface area contributed by atoms with E-state index in [1.165, 1.54) is 54.4 Å². The number of nitrogens with zero attached hydrogens (tertiary/aromatic N) is 6. The van der Waals surface area contributed by atoms with E-state index in [4.69, 9.17) is 4.74 Å². The highest BCUT2D eigenvalue weighted by atomic mass is 19.4. The Balaban J connectivity index is 0.000000205. The Morgan fingerprint density at radius 2 is 0.931 bits per heavy atom. The molecule has 14 nitrogen and oxygen atoms in total. The van der Waals surface area contributed by atoms with Crippen molar-refractivity contribution in [3.63, 3.8) is 0 Å². The highest BCUT2D eigenvalue weighted by Crippen LogP contribution is 2.37. The predicted molar refractivity (Wildman–Crippen MR) is 337 cm³/mol. The molecule has 0 fully saturated rings. The van der Waals surface area contributed by atoms with Gasteiger partial charge in [-0.3, -0.25) is 9.59 Å². The van der Waals surface area contributed by atoms with Crippen molar-refractivity contribution in [3.05, 3.63) is 231 Å². The second-order valence-electron chi connectivity index (χ2n) is 20.1. The number of para-hydroxylation sites is 1. The van der Waals surface area contributed by atoms with Crippen LogP contribution in [0.1, 0.15) is 122 Å². The number of ether oxygens (including phenoxy) is 1. The summed E-state index contributed by atoms with van der Waals surface area (Å²) in [7, 11) is 0. The summed E-state index contributed by atoms with van der Waals surface area (Å²) >= 11 is 0. The summed E-state index contributed by atoms with van der Waals surface area (Å²) in [6.45, 7) is 25.8. The number of benzene rings is 6. The SMILES string of the molecule is C=C(Nc1c(C)cc(CO)cc1C)c1nccc(-c2ccccc2C(F)(F)F)n1.CC.CCCc1cc(C)c(NC(=O)c2nccc(-c3cc(F)ccc3C)n2)c(C)c1.CCOc1ccccc1-c1ccnc(C(=O)Nc2c(C)cc(CO)cc2C)n1. The first kappa shape index (κ1) is 66.6. The Hall–Kier alpha value is -9.52. The number of aryl methyl sites for hydroxylation is 8. The second kappa shape index (κ2) is 31.0. The van der Waals surface area contributed by atoms with E-state index in [2.05, 4.69) is 71.5 Å². The molecule has 18 heteroatoms. The molecule has 3 aromatic heterocycles. The van der Waals surface area contributed by atoms with E-state index >= 15 is 0 Å². The summed E-state index contributed by atoms with van der Waals surface area (Å²) in [5, 5.41) is 27.6. The van der Waals surface area contributed by atoms with Gasteiger partial charge in [0.05, 0.1) is 48.2 Å². The molecule has 9 rings (SSSR count). The quantitative estimate of drug-likeness (QED) is 0.0575. The number of aliphatic hydroxyl groups is 2. The van der Waals surface area contributed by atoms with Crippen LogP contribution in [0.3, 0.4) is 0 Å². The van der Waals surface area contributed by atoms with Crippen LogP contribution in [0.5, 0.6) is 5.75 Å². The first-order valence-corrected chi connectivity index (χ1v) is 28.4. The summed E-state index contributed by atoms with van der Waals surface area (Å²) < 4.78 is 59.3. The smallest absolute Gasteiger partial charge is 0.417 e. The van der Waals surface area contributed by atoms with Crippen LogP contribution in [-0.2, 0) is 25.8 Å². The van der Waals surface area contributed by atoms with E-state index in [-0.39, 0.29) is 53.7 Å². The van der Waals surface area contributed by atoms with Gasteiger partial charge in [-0.1, -0.05) is 107 Å². The number of alkyl halides is 3. The number of carbonyl (C=O) groups excluding carboxylic acids is 2. The number of hydrogen-bond donors (Lipinski definition) is 5. The van der Waals surface area contributed by atoms with Crippen molar-refractivity contribution >= 4 is 34.6 Å². The third-order valence-electron chi connectivity index (χ3n) is 13.5. The zero-order chi connectivity index (χ0) is 63.5. The number of halogens is 4. The number of amides is 2. The monoisotopic (exact) mass is 1180 g/mol. The molecule has 5 N–H and O–H groups in total. The van der Waals surface area contributed by atoms with Gasteiger partial charge in [-0.2, -0.15) is 13.2 Å². The normalized spacial score (nSPS) is 10.7. The maximum Gasteiger partial charge on any atom is 0.417 e. The van der Waals surface area contributed by atoms with Gasteiger partial charge in [0.2, 0.25) is 11.6 Å². The molecule has 87 heavy (non-hydrogen) atoms. The molecular formula is C69H73F4N9O5. The van der Waals surface area contributed by atoms with Crippen LogP contribution in [0.2, 0.25) is 0 Å². The molecule has 9 aromatic rings. The van der Waals surface area contributed by atoms with Crippen molar-refractivity contribution in [1.29, 1.82) is 0 Å².